The molecule has 72 heavy (non-hydrogen) atoms. The van der Waals surface area contributed by atoms with Crippen LogP contribution in [-0.2, 0) is 25.4 Å². The molecule has 5 fully saturated rings. The van der Waals surface area contributed by atoms with Crippen LogP contribution in [0.2, 0.25) is 0 Å². The monoisotopic (exact) mass is 992 g/mol. The Labute approximate surface area is 421 Å². The van der Waals surface area contributed by atoms with Gasteiger partial charge in [-0.15, -0.1) is 0 Å². The van der Waals surface area contributed by atoms with E-state index in [-0.39, 0.29) is 59.6 Å². The van der Waals surface area contributed by atoms with Crippen molar-refractivity contribution in [2.24, 2.45) is 5.92 Å². The fraction of sp³-hybridized carbons (Fsp3) is 0.593. The van der Waals surface area contributed by atoms with E-state index in [4.69, 9.17) is 43.2 Å². The molecule has 5 saturated heterocycles. The maximum Gasteiger partial charge on any atom is 0.410 e. The van der Waals surface area contributed by atoms with Gasteiger partial charge in [0.05, 0.1) is 30.1 Å². The van der Waals surface area contributed by atoms with Crippen molar-refractivity contribution in [2.75, 3.05) is 89.8 Å². The van der Waals surface area contributed by atoms with Gasteiger partial charge in [-0.2, -0.15) is 9.97 Å². The average molecular weight is 992 g/mol. The predicted molar refractivity (Wildman–Crippen MR) is 271 cm³/mol. The number of methoxy groups -OCH3 is 2. The number of hydrogen-bond donors (Lipinski definition) is 0. The maximum atomic E-state index is 17.8. The first kappa shape index (κ1) is 49.7. The Morgan fingerprint density at radius 3 is 2.43 bits per heavy atom. The fourth-order valence-electron chi connectivity index (χ4n) is 12.3. The first-order valence-corrected chi connectivity index (χ1v) is 25.9. The first-order valence-electron chi connectivity index (χ1n) is 25.9. The van der Waals surface area contributed by atoms with Crippen LogP contribution in [-0.4, -0.2) is 156 Å². The number of fused-ring (bicyclic) bond motifs is 5. The zero-order chi connectivity index (χ0) is 50.5. The van der Waals surface area contributed by atoms with Gasteiger partial charge in [0.25, 0.3) is 0 Å². The van der Waals surface area contributed by atoms with Crippen LogP contribution in [0.1, 0.15) is 97.3 Å². The number of pyridine rings is 1. The van der Waals surface area contributed by atoms with Gasteiger partial charge in [0.1, 0.15) is 40.9 Å². The summed E-state index contributed by atoms with van der Waals surface area (Å²) < 4.78 is 52.3. The second kappa shape index (κ2) is 20.2. The van der Waals surface area contributed by atoms with Crippen LogP contribution in [0.5, 0.6) is 11.8 Å². The van der Waals surface area contributed by atoms with E-state index in [9.17, 15) is 9.59 Å². The number of aryl methyl sites for hydroxylation is 1. The van der Waals surface area contributed by atoms with E-state index in [1.165, 1.54) is 7.11 Å². The third-order valence-electron chi connectivity index (χ3n) is 15.7. The molecule has 2 bridgehead atoms. The maximum absolute atomic E-state index is 17.8. The van der Waals surface area contributed by atoms with Crippen molar-refractivity contribution < 1.29 is 42.2 Å². The topological polar surface area (TPSA) is 161 Å². The quantitative estimate of drug-likeness (QED) is 0.0728. The number of hydrogen-bond acceptors (Lipinski definition) is 16. The number of halogens is 1. The van der Waals surface area contributed by atoms with E-state index in [2.05, 4.69) is 37.7 Å². The van der Waals surface area contributed by atoms with E-state index in [0.29, 0.717) is 54.0 Å². The average Bonchev–Trinajstić information content (AvgIpc) is 4.15. The molecule has 18 heteroatoms. The fourth-order valence-corrected chi connectivity index (χ4v) is 12.3. The van der Waals surface area contributed by atoms with Gasteiger partial charge in [-0.1, -0.05) is 44.1 Å². The number of amides is 1. The minimum absolute atomic E-state index is 0.0125. The Kier molecular flexibility index (Phi) is 14.0. The van der Waals surface area contributed by atoms with Crippen LogP contribution < -0.4 is 19.3 Å². The van der Waals surface area contributed by atoms with Crippen molar-refractivity contribution in [1.82, 2.24) is 34.8 Å². The smallest absolute Gasteiger partial charge is 0.410 e. The highest BCUT2D eigenvalue weighted by molar-refractivity contribution is 6.01. The number of esters is 1. The Bertz CT molecular complexity index is 2780. The number of anilines is 2. The molecule has 5 aromatic rings. The molecule has 0 saturated carbocycles. The molecule has 5 atom stereocenters. The Hall–Kier alpha value is -5.85. The summed E-state index contributed by atoms with van der Waals surface area (Å²) in [5.74, 6) is 0.980. The van der Waals surface area contributed by atoms with Crippen LogP contribution in [0.4, 0.5) is 20.8 Å². The van der Waals surface area contributed by atoms with Gasteiger partial charge in [0, 0.05) is 76.8 Å². The van der Waals surface area contributed by atoms with Crippen molar-refractivity contribution >= 4 is 45.4 Å². The normalized spacial score (nSPS) is 23.1. The van der Waals surface area contributed by atoms with Crippen molar-refractivity contribution in [3.63, 3.8) is 0 Å². The predicted octanol–water partition coefficient (Wildman–Crippen LogP) is 8.22. The van der Waals surface area contributed by atoms with Gasteiger partial charge in [-0.05, 0) is 107 Å². The summed E-state index contributed by atoms with van der Waals surface area (Å²) in [5, 5.41) is 6.64. The highest BCUT2D eigenvalue weighted by Crippen LogP contribution is 2.45. The summed E-state index contributed by atoms with van der Waals surface area (Å²) in [6, 6.07) is 12.0. The summed E-state index contributed by atoms with van der Waals surface area (Å²) in [5.41, 5.74) is 1.12. The molecular formula is C54H70FN9O8. The Morgan fingerprint density at radius 2 is 1.72 bits per heavy atom. The third kappa shape index (κ3) is 9.61. The lowest BCUT2D eigenvalue weighted by Crippen LogP contribution is -2.57. The number of carbonyl (C=O) groups excluding carboxylic acids is 2. The Balaban J connectivity index is 0.914. The van der Waals surface area contributed by atoms with Crippen LogP contribution in [0.3, 0.4) is 0 Å². The number of ether oxygens (including phenoxy) is 5. The van der Waals surface area contributed by atoms with Gasteiger partial charge in [-0.3, -0.25) is 24.5 Å². The largest absolute Gasteiger partial charge is 0.468 e. The standard InChI is InChI=1S/C54H70FN9O8/c1-9-34-12-10-13-35-24-39(70-32-67-7)25-40(45(34)35)47-46(55)48-41(27-56-47)49(62-29-37-14-15-38(30-62)64(37)52(66)71-53(4,5)6)58-51(57-48)69-31-54-17-11-19-63(54)36(16-18-54)28-60-20-22-61(23-21-60)43-26-42(72-59-43)44(33(2)3)50(65)68-8/h10,12-13,24-27,33,36-38,44H,9,11,14-23,28-32H2,1-8H3/t36-,37?,38?,44?,54-/m0/s1. The second-order valence-electron chi connectivity index (χ2n) is 21.7. The summed E-state index contributed by atoms with van der Waals surface area (Å²) in [7, 11) is 2.97. The summed E-state index contributed by atoms with van der Waals surface area (Å²) in [6.45, 7) is 18.4. The molecule has 386 valence electrons. The SMILES string of the molecule is CCc1cccc2cc(OCOC)cc(-c3ncc4c(N5CC6CCC(C5)N6C(=O)OC(C)(C)C)nc(OC[C@@]56CCCN5[C@H](CN5CCN(c7cc(C(C(=O)OC)C(C)C)on7)CC5)CC6)nc4c3F)c12. The van der Waals surface area contributed by atoms with Crippen LogP contribution in [0, 0.1) is 11.7 Å². The molecule has 10 rings (SSSR count). The number of aromatic nitrogens is 4. The summed E-state index contributed by atoms with van der Waals surface area (Å²) in [4.78, 5) is 52.4. The molecule has 5 aliphatic rings. The minimum atomic E-state index is -0.622. The van der Waals surface area contributed by atoms with E-state index < -0.39 is 17.3 Å². The molecule has 5 aliphatic heterocycles. The molecule has 0 aliphatic carbocycles. The number of nitrogens with zero attached hydrogens (tertiary/aromatic N) is 9. The third-order valence-corrected chi connectivity index (χ3v) is 15.7. The highest BCUT2D eigenvalue weighted by Gasteiger charge is 2.51. The zero-order valence-corrected chi connectivity index (χ0v) is 43.1. The molecule has 0 spiro atoms. The lowest BCUT2D eigenvalue weighted by molar-refractivity contribution is -0.144. The molecule has 1 amide bonds. The van der Waals surface area contributed by atoms with E-state index >= 15 is 4.39 Å². The molecule has 17 nitrogen and oxygen atoms in total. The van der Waals surface area contributed by atoms with Crippen LogP contribution in [0.25, 0.3) is 32.9 Å². The molecule has 0 radical (unpaired) electrons. The lowest BCUT2D eigenvalue weighted by Gasteiger charge is -2.42. The number of benzene rings is 2. The van der Waals surface area contributed by atoms with Gasteiger partial charge in [-0.25, -0.2) is 9.18 Å². The zero-order valence-electron chi connectivity index (χ0n) is 43.1. The lowest BCUT2D eigenvalue weighted by atomic mass is 9.93. The van der Waals surface area contributed by atoms with E-state index in [1.54, 1.807) is 13.3 Å². The first-order chi connectivity index (χ1) is 34.7. The Morgan fingerprint density at radius 1 is 0.944 bits per heavy atom. The van der Waals surface area contributed by atoms with E-state index in [0.717, 1.165) is 106 Å². The van der Waals surface area contributed by atoms with Crippen molar-refractivity contribution in [2.45, 2.75) is 122 Å². The van der Waals surface area contributed by atoms with Crippen molar-refractivity contribution in [3.8, 4) is 23.0 Å². The number of rotatable bonds is 15. The molecule has 3 aromatic heterocycles. The molecule has 2 aromatic carbocycles. The summed E-state index contributed by atoms with van der Waals surface area (Å²) >= 11 is 0. The molecule has 0 N–H and O–H groups in total. The second-order valence-corrected chi connectivity index (χ2v) is 21.7. The summed E-state index contributed by atoms with van der Waals surface area (Å²) in [6.07, 6.45) is 7.83. The van der Waals surface area contributed by atoms with Gasteiger partial charge >= 0.3 is 18.1 Å². The minimum Gasteiger partial charge on any atom is -0.468 e. The van der Waals surface area contributed by atoms with Crippen LogP contribution in [0.15, 0.2) is 47.1 Å². The van der Waals surface area contributed by atoms with Gasteiger partial charge in [0.2, 0.25) is 0 Å². The van der Waals surface area contributed by atoms with Gasteiger partial charge in [0.15, 0.2) is 24.2 Å². The molecule has 3 unspecified atom stereocenters. The molecular weight excluding hydrogens is 922 g/mol. The highest BCUT2D eigenvalue weighted by atomic mass is 19.1. The van der Waals surface area contributed by atoms with E-state index in [1.807, 2.05) is 69.9 Å². The van der Waals surface area contributed by atoms with Crippen molar-refractivity contribution in [3.05, 3.63) is 59.7 Å². The van der Waals surface area contributed by atoms with Crippen LogP contribution >= 0.6 is 0 Å². The molecule has 8 heterocycles. The van der Waals surface area contributed by atoms with Gasteiger partial charge < -0.3 is 38.0 Å². The number of piperazine rings is 2. The van der Waals surface area contributed by atoms with Crippen molar-refractivity contribution in [1.29, 1.82) is 0 Å². The number of carbonyl (C=O) groups is 2.